The van der Waals surface area contributed by atoms with E-state index >= 15 is 0 Å². The molecule has 2 rings (SSSR count). The molecule has 0 aromatic carbocycles. The van der Waals surface area contributed by atoms with Gasteiger partial charge in [0.25, 0.3) is 0 Å². The smallest absolute Gasteiger partial charge is 0.169 e. The molecule has 0 aliphatic carbocycles. The van der Waals surface area contributed by atoms with Crippen LogP contribution in [0.2, 0.25) is 0 Å². The summed E-state index contributed by atoms with van der Waals surface area (Å²) in [6, 6.07) is 0. The van der Waals surface area contributed by atoms with Crippen molar-refractivity contribution in [2.75, 3.05) is 20.1 Å². The highest BCUT2D eigenvalue weighted by Crippen LogP contribution is 2.40. The zero-order valence-corrected chi connectivity index (χ0v) is 31.0. The highest BCUT2D eigenvalue weighted by Gasteiger charge is 2.48. The summed E-state index contributed by atoms with van der Waals surface area (Å²) in [4.78, 5) is 2.42. The van der Waals surface area contributed by atoms with Gasteiger partial charge >= 0.3 is 0 Å². The van der Waals surface area contributed by atoms with Gasteiger partial charge in [0.1, 0.15) is 0 Å². The number of hydrogen-bond donors (Lipinski definition) is 0. The molecule has 0 N–H and O–H groups in total. The molecule has 2 fully saturated rings. The normalized spacial score (nSPS) is 22.4. The van der Waals surface area contributed by atoms with Gasteiger partial charge in [-0.1, -0.05) is 140 Å². The minimum Gasteiger partial charge on any atom is -0.344 e. The van der Waals surface area contributed by atoms with Crippen molar-refractivity contribution < 1.29 is 9.47 Å². The summed E-state index contributed by atoms with van der Waals surface area (Å²) in [7, 11) is 2.23. The van der Waals surface area contributed by atoms with Gasteiger partial charge in [0.15, 0.2) is 5.79 Å². The third-order valence-electron chi connectivity index (χ3n) is 9.95. The van der Waals surface area contributed by atoms with E-state index in [4.69, 9.17) is 9.47 Å². The first kappa shape index (κ1) is 41.0. The molecule has 2 aliphatic rings. The second kappa shape index (κ2) is 28.8. The summed E-state index contributed by atoms with van der Waals surface area (Å²) in [5, 5.41) is 0. The Morgan fingerprint density at radius 3 is 1.35 bits per heavy atom. The summed E-state index contributed by atoms with van der Waals surface area (Å²) in [5.74, 6) is -0.314. The second-order valence-corrected chi connectivity index (χ2v) is 14.4. The van der Waals surface area contributed by atoms with Gasteiger partial charge < -0.3 is 14.4 Å². The van der Waals surface area contributed by atoms with Crippen LogP contribution in [0.1, 0.15) is 187 Å². The van der Waals surface area contributed by atoms with Gasteiger partial charge in [0, 0.05) is 25.9 Å². The van der Waals surface area contributed by atoms with E-state index in [1.54, 1.807) is 0 Å². The number of hydrogen-bond acceptors (Lipinski definition) is 3. The number of likely N-dealkylation sites (tertiary alicyclic amines) is 1. The Morgan fingerprint density at radius 1 is 0.500 bits per heavy atom. The highest BCUT2D eigenvalue weighted by atomic mass is 16.8. The molecule has 0 amide bonds. The van der Waals surface area contributed by atoms with E-state index in [0.29, 0.717) is 6.10 Å². The van der Waals surface area contributed by atoms with Gasteiger partial charge in [-0.2, -0.15) is 0 Å². The Kier molecular flexibility index (Phi) is 25.7. The molecule has 0 radical (unpaired) electrons. The number of unbranched alkanes of at least 4 members (excludes halogenated alkanes) is 18. The van der Waals surface area contributed by atoms with Crippen LogP contribution in [0.25, 0.3) is 0 Å². The molecule has 0 saturated carbocycles. The summed E-state index contributed by atoms with van der Waals surface area (Å²) in [6.45, 7) is 6.70. The summed E-state index contributed by atoms with van der Waals surface area (Å²) in [6.07, 6.45) is 53.8. The predicted octanol–water partition coefficient (Wildman–Crippen LogP) is 13.2. The van der Waals surface area contributed by atoms with Crippen LogP contribution in [0.4, 0.5) is 0 Å². The lowest BCUT2D eigenvalue weighted by Gasteiger charge is -2.29. The van der Waals surface area contributed by atoms with Crippen molar-refractivity contribution >= 4 is 0 Å². The van der Waals surface area contributed by atoms with Crippen LogP contribution in [0.5, 0.6) is 0 Å². The van der Waals surface area contributed by atoms with Crippen LogP contribution >= 0.6 is 0 Å². The molecule has 0 spiro atoms. The molecular formula is C43H77NO2. The number of ether oxygens (including phenoxy) is 2. The van der Waals surface area contributed by atoms with Crippen LogP contribution in [0.3, 0.4) is 0 Å². The van der Waals surface area contributed by atoms with Crippen LogP contribution in [-0.4, -0.2) is 43.0 Å². The van der Waals surface area contributed by atoms with E-state index in [1.165, 1.54) is 141 Å². The number of likely N-dealkylation sites (N-methyl/N-ethyl adjacent to an activating group) is 1. The second-order valence-electron chi connectivity index (χ2n) is 14.4. The van der Waals surface area contributed by atoms with Crippen LogP contribution in [0.15, 0.2) is 48.6 Å². The zero-order valence-electron chi connectivity index (χ0n) is 31.0. The lowest BCUT2D eigenvalue weighted by molar-refractivity contribution is -0.185. The lowest BCUT2D eigenvalue weighted by atomic mass is 9.98. The average molecular weight is 640 g/mol. The molecule has 2 heterocycles. The highest BCUT2D eigenvalue weighted by molar-refractivity contribution is 4.94. The Morgan fingerprint density at radius 2 is 0.891 bits per heavy atom. The first-order valence-electron chi connectivity index (χ1n) is 20.3. The maximum absolute atomic E-state index is 6.78. The van der Waals surface area contributed by atoms with Crippen LogP contribution in [-0.2, 0) is 9.47 Å². The topological polar surface area (TPSA) is 21.7 Å². The Bertz CT molecular complexity index is 751. The van der Waals surface area contributed by atoms with E-state index in [1.807, 2.05) is 0 Å². The lowest BCUT2D eigenvalue weighted by Crippen LogP contribution is -2.43. The minimum absolute atomic E-state index is 0.271. The van der Waals surface area contributed by atoms with Crippen LogP contribution in [0, 0.1) is 0 Å². The van der Waals surface area contributed by atoms with Crippen LogP contribution < -0.4 is 0 Å². The molecule has 2 atom stereocenters. The molecule has 266 valence electrons. The standard InChI is InChI=1S/C43H77NO2/c1-4-6-8-10-12-14-16-18-20-22-24-26-28-30-32-34-37-43(45-41-36-39-44(3)40-42(41)46-43)38-35-33-31-29-27-25-23-21-19-17-15-13-11-9-7-5-2/h12-15,18-21,41-42H,4-11,16-17,22-40H2,1-3H3/t41-,42+,43?/m0/s1. The Hall–Kier alpha value is -1.16. The van der Waals surface area contributed by atoms with E-state index in [0.717, 1.165) is 45.2 Å². The Balaban J connectivity index is 1.53. The van der Waals surface area contributed by atoms with E-state index in [2.05, 4.69) is 74.4 Å². The average Bonchev–Trinajstić information content (AvgIpc) is 3.41. The number of rotatable bonds is 30. The third-order valence-corrected chi connectivity index (χ3v) is 9.95. The molecule has 0 bridgehead atoms. The fourth-order valence-electron chi connectivity index (χ4n) is 7.00. The SMILES string of the molecule is CCCCCC=CCC=CCCCCCCCCC1(CCCCCCCCC=CCC=CCCCCC)O[C@H]2CCN(C)C[C@H]2O1. The van der Waals surface area contributed by atoms with Crippen molar-refractivity contribution in [2.24, 2.45) is 0 Å². The van der Waals surface area contributed by atoms with E-state index in [-0.39, 0.29) is 11.9 Å². The fourth-order valence-corrected chi connectivity index (χ4v) is 7.00. The first-order chi connectivity index (χ1) is 22.7. The van der Waals surface area contributed by atoms with Gasteiger partial charge in [-0.3, -0.25) is 0 Å². The maximum Gasteiger partial charge on any atom is 0.169 e. The van der Waals surface area contributed by atoms with E-state index < -0.39 is 0 Å². The largest absolute Gasteiger partial charge is 0.344 e. The van der Waals surface area contributed by atoms with Crippen molar-refractivity contribution in [2.45, 2.75) is 205 Å². The van der Waals surface area contributed by atoms with Gasteiger partial charge in [0.05, 0.1) is 12.2 Å². The minimum atomic E-state index is -0.314. The van der Waals surface area contributed by atoms with Crippen molar-refractivity contribution in [1.29, 1.82) is 0 Å². The van der Waals surface area contributed by atoms with Crippen molar-refractivity contribution in [3.63, 3.8) is 0 Å². The van der Waals surface area contributed by atoms with Gasteiger partial charge in [-0.05, 0) is 90.5 Å². The number of fused-ring (bicyclic) bond motifs is 1. The van der Waals surface area contributed by atoms with E-state index in [9.17, 15) is 0 Å². The maximum atomic E-state index is 6.78. The fraction of sp³-hybridized carbons (Fsp3) is 0.814. The third kappa shape index (κ3) is 20.9. The quantitative estimate of drug-likeness (QED) is 0.0576. The molecule has 0 aromatic heterocycles. The molecule has 46 heavy (non-hydrogen) atoms. The first-order valence-corrected chi connectivity index (χ1v) is 20.3. The monoisotopic (exact) mass is 640 g/mol. The molecule has 0 unspecified atom stereocenters. The van der Waals surface area contributed by atoms with Gasteiger partial charge in [-0.25, -0.2) is 0 Å². The summed E-state index contributed by atoms with van der Waals surface area (Å²) < 4.78 is 13.6. The molecule has 3 nitrogen and oxygen atoms in total. The number of allylic oxidation sites excluding steroid dienone is 8. The summed E-state index contributed by atoms with van der Waals surface area (Å²) in [5.41, 5.74) is 0. The number of nitrogens with zero attached hydrogens (tertiary/aromatic N) is 1. The molecule has 3 heteroatoms. The molecular weight excluding hydrogens is 562 g/mol. The molecule has 0 aromatic rings. The van der Waals surface area contributed by atoms with Gasteiger partial charge in [-0.15, -0.1) is 0 Å². The van der Waals surface area contributed by atoms with Crippen molar-refractivity contribution in [1.82, 2.24) is 4.90 Å². The number of piperidine rings is 1. The molecule has 2 saturated heterocycles. The zero-order chi connectivity index (χ0) is 32.8. The molecule has 2 aliphatic heterocycles. The van der Waals surface area contributed by atoms with Crippen molar-refractivity contribution in [3.8, 4) is 0 Å². The Labute approximate surface area is 287 Å². The van der Waals surface area contributed by atoms with Gasteiger partial charge in [0.2, 0.25) is 0 Å². The predicted molar refractivity (Wildman–Crippen MR) is 203 cm³/mol. The summed E-state index contributed by atoms with van der Waals surface area (Å²) >= 11 is 0. The van der Waals surface area contributed by atoms with Crippen molar-refractivity contribution in [3.05, 3.63) is 48.6 Å².